The molecule has 5 nitrogen and oxygen atoms in total. The van der Waals surface area contributed by atoms with E-state index in [0.717, 1.165) is 20.8 Å². The Hall–Kier alpha value is -4.00. The van der Waals surface area contributed by atoms with Gasteiger partial charge in [-0.3, -0.25) is 4.99 Å². The van der Waals surface area contributed by atoms with E-state index >= 15 is 0 Å². The molecule has 0 spiro atoms. The molecule has 0 radical (unpaired) electrons. The molecule has 0 aliphatic heterocycles. The van der Waals surface area contributed by atoms with Crippen molar-refractivity contribution in [3.05, 3.63) is 107 Å². The maximum atomic E-state index is 12.2. The summed E-state index contributed by atoms with van der Waals surface area (Å²) in [6.45, 7) is 0. The summed E-state index contributed by atoms with van der Waals surface area (Å²) in [6.07, 6.45) is 1.68. The van der Waals surface area contributed by atoms with E-state index in [4.69, 9.17) is 16.3 Å². The lowest BCUT2D eigenvalue weighted by Crippen LogP contribution is -2.08. The molecule has 5 rings (SSSR count). The number of phenolic OH excluding ortho intramolecular Hbond substituents is 1. The number of nitrogens with zero attached hydrogens (tertiary/aromatic N) is 2. The first-order valence-corrected chi connectivity index (χ1v) is 11.6. The van der Waals surface area contributed by atoms with Gasteiger partial charge in [0.1, 0.15) is 16.5 Å². The molecule has 0 aliphatic rings. The van der Waals surface area contributed by atoms with Gasteiger partial charge in [0.2, 0.25) is 0 Å². The molecule has 0 aliphatic carbocycles. The first-order chi connectivity index (χ1) is 16.5. The number of aromatic hydroxyl groups is 1. The van der Waals surface area contributed by atoms with Crippen LogP contribution in [0.25, 0.3) is 20.8 Å². The number of rotatable bonds is 5. The number of carbonyl (C=O) groups excluding carboxylic acids is 1. The zero-order valence-electron chi connectivity index (χ0n) is 17.7. The van der Waals surface area contributed by atoms with E-state index < -0.39 is 5.97 Å². The number of phenols is 1. The van der Waals surface area contributed by atoms with Crippen molar-refractivity contribution in [1.29, 1.82) is 0 Å². The van der Waals surface area contributed by atoms with Crippen molar-refractivity contribution in [3.8, 4) is 22.1 Å². The number of ether oxygens (including phenoxy) is 1. The molecule has 0 bridgehead atoms. The van der Waals surface area contributed by atoms with E-state index in [9.17, 15) is 9.90 Å². The summed E-state index contributed by atoms with van der Waals surface area (Å²) in [5.41, 5.74) is 3.43. The summed E-state index contributed by atoms with van der Waals surface area (Å²) in [7, 11) is 0. The van der Waals surface area contributed by atoms with Crippen molar-refractivity contribution >= 4 is 51.0 Å². The highest BCUT2D eigenvalue weighted by atomic mass is 35.5. The highest BCUT2D eigenvalue weighted by Gasteiger charge is 2.11. The van der Waals surface area contributed by atoms with Gasteiger partial charge < -0.3 is 9.84 Å². The minimum Gasteiger partial charge on any atom is -0.507 e. The van der Waals surface area contributed by atoms with Crippen LogP contribution < -0.4 is 4.74 Å². The second-order valence-corrected chi connectivity index (χ2v) is 8.88. The molecule has 1 N–H and O–H groups in total. The number of thiazole rings is 1. The van der Waals surface area contributed by atoms with Gasteiger partial charge in [0, 0.05) is 17.3 Å². The Morgan fingerprint density at radius 3 is 2.47 bits per heavy atom. The van der Waals surface area contributed by atoms with Crippen molar-refractivity contribution in [1.82, 2.24) is 4.98 Å². The maximum Gasteiger partial charge on any atom is 0.343 e. The SMILES string of the molecule is O=C(Oc1ccc(C=Nc2ccc(-c3nc4ccccc4s3)c(O)c2)cc1)c1ccc(Cl)cc1. The van der Waals surface area contributed by atoms with Crippen LogP contribution in [0.15, 0.2) is 96.0 Å². The van der Waals surface area contributed by atoms with Crippen LogP contribution in [0.3, 0.4) is 0 Å². The summed E-state index contributed by atoms with van der Waals surface area (Å²) in [5, 5.41) is 11.9. The van der Waals surface area contributed by atoms with Crippen LogP contribution in [0.1, 0.15) is 15.9 Å². The topological polar surface area (TPSA) is 71.8 Å². The van der Waals surface area contributed by atoms with Gasteiger partial charge in [-0.2, -0.15) is 0 Å². The van der Waals surface area contributed by atoms with Crippen LogP contribution in [-0.2, 0) is 0 Å². The van der Waals surface area contributed by atoms with Crippen LogP contribution in [-0.4, -0.2) is 22.3 Å². The second kappa shape index (κ2) is 9.47. The Labute approximate surface area is 204 Å². The van der Waals surface area contributed by atoms with Crippen molar-refractivity contribution in [2.75, 3.05) is 0 Å². The predicted octanol–water partition coefficient (Wildman–Crippen LogP) is 7.29. The van der Waals surface area contributed by atoms with Crippen LogP contribution in [0.5, 0.6) is 11.5 Å². The average Bonchev–Trinajstić information content (AvgIpc) is 3.28. The molecule has 0 saturated carbocycles. The fraction of sp³-hybridized carbons (Fsp3) is 0. The van der Waals surface area contributed by atoms with Crippen molar-refractivity contribution < 1.29 is 14.6 Å². The van der Waals surface area contributed by atoms with E-state index in [-0.39, 0.29) is 5.75 Å². The highest BCUT2D eigenvalue weighted by molar-refractivity contribution is 7.21. The molecule has 1 heterocycles. The molecule has 4 aromatic carbocycles. The third-order valence-electron chi connectivity index (χ3n) is 5.04. The second-order valence-electron chi connectivity index (χ2n) is 7.41. The number of esters is 1. The largest absolute Gasteiger partial charge is 0.507 e. The fourth-order valence-electron chi connectivity index (χ4n) is 3.29. The molecular weight excluding hydrogens is 468 g/mol. The molecule has 34 heavy (non-hydrogen) atoms. The smallest absolute Gasteiger partial charge is 0.343 e. The summed E-state index contributed by atoms with van der Waals surface area (Å²) < 4.78 is 6.46. The van der Waals surface area contributed by atoms with Gasteiger partial charge in [-0.05, 0) is 78.4 Å². The summed E-state index contributed by atoms with van der Waals surface area (Å²) in [4.78, 5) is 21.3. The monoisotopic (exact) mass is 484 g/mol. The van der Waals surface area contributed by atoms with Gasteiger partial charge in [-0.25, -0.2) is 9.78 Å². The number of aromatic nitrogens is 1. The molecule has 1 aromatic heterocycles. The molecule has 0 saturated heterocycles. The predicted molar refractivity (Wildman–Crippen MR) is 137 cm³/mol. The summed E-state index contributed by atoms with van der Waals surface area (Å²) in [5.74, 6) is 0.0925. The molecule has 0 atom stereocenters. The first kappa shape index (κ1) is 21.8. The van der Waals surface area contributed by atoms with Gasteiger partial charge in [0.05, 0.1) is 27.0 Å². The Bertz CT molecular complexity index is 1480. The Kier molecular flexibility index (Phi) is 6.08. The maximum absolute atomic E-state index is 12.2. The fourth-order valence-corrected chi connectivity index (χ4v) is 4.42. The van der Waals surface area contributed by atoms with Crippen molar-refractivity contribution in [3.63, 3.8) is 0 Å². The van der Waals surface area contributed by atoms with Crippen LogP contribution in [0.2, 0.25) is 5.02 Å². The van der Waals surface area contributed by atoms with Crippen molar-refractivity contribution in [2.45, 2.75) is 0 Å². The van der Waals surface area contributed by atoms with E-state index in [2.05, 4.69) is 9.98 Å². The first-order valence-electron chi connectivity index (χ1n) is 10.4. The Morgan fingerprint density at radius 1 is 0.971 bits per heavy atom. The zero-order chi connectivity index (χ0) is 23.5. The number of hydrogen-bond donors (Lipinski definition) is 1. The molecular formula is C27H17ClN2O3S. The minimum absolute atomic E-state index is 0.123. The number of hydrogen-bond acceptors (Lipinski definition) is 6. The van der Waals surface area contributed by atoms with Gasteiger partial charge >= 0.3 is 5.97 Å². The minimum atomic E-state index is -0.457. The molecule has 0 fully saturated rings. The van der Waals surface area contributed by atoms with Crippen LogP contribution in [0, 0.1) is 0 Å². The molecule has 0 amide bonds. The zero-order valence-corrected chi connectivity index (χ0v) is 19.3. The van der Waals surface area contributed by atoms with Gasteiger partial charge in [-0.1, -0.05) is 23.7 Å². The normalized spacial score (nSPS) is 11.2. The number of fused-ring (bicyclic) bond motifs is 1. The average molecular weight is 485 g/mol. The number of carbonyl (C=O) groups is 1. The molecule has 0 unspecified atom stereocenters. The van der Waals surface area contributed by atoms with Gasteiger partial charge in [0.25, 0.3) is 0 Å². The summed E-state index contributed by atoms with van der Waals surface area (Å²) >= 11 is 7.38. The lowest BCUT2D eigenvalue weighted by atomic mass is 10.2. The lowest BCUT2D eigenvalue weighted by Gasteiger charge is -2.05. The highest BCUT2D eigenvalue weighted by Crippen LogP contribution is 2.37. The standard InChI is InChI=1S/C27H17ClN2O3S/c28-19-9-7-18(8-10-19)27(32)33-21-12-5-17(6-13-21)16-29-20-11-14-22(24(31)15-20)26-30-23-3-1-2-4-25(23)34-26/h1-16,31H. The van der Waals surface area contributed by atoms with E-state index in [1.165, 1.54) is 11.3 Å². The number of benzene rings is 4. The molecule has 7 heteroatoms. The Morgan fingerprint density at radius 2 is 1.74 bits per heavy atom. The third-order valence-corrected chi connectivity index (χ3v) is 6.36. The Balaban J connectivity index is 1.27. The summed E-state index contributed by atoms with van der Waals surface area (Å²) in [6, 6.07) is 26.6. The van der Waals surface area contributed by atoms with Crippen molar-refractivity contribution in [2.24, 2.45) is 4.99 Å². The van der Waals surface area contributed by atoms with Gasteiger partial charge in [0.15, 0.2) is 0 Å². The van der Waals surface area contributed by atoms with E-state index in [1.54, 1.807) is 60.8 Å². The van der Waals surface area contributed by atoms with E-state index in [0.29, 0.717) is 27.6 Å². The number of aliphatic imine (C=N–C) groups is 1. The van der Waals surface area contributed by atoms with Crippen LogP contribution in [0.4, 0.5) is 5.69 Å². The van der Waals surface area contributed by atoms with Crippen LogP contribution >= 0.6 is 22.9 Å². The number of halogens is 1. The lowest BCUT2D eigenvalue weighted by molar-refractivity contribution is 0.0735. The molecule has 5 aromatic rings. The van der Waals surface area contributed by atoms with E-state index in [1.807, 2.05) is 36.4 Å². The number of para-hydroxylation sites is 1. The third kappa shape index (κ3) is 4.83. The molecule has 166 valence electrons. The quantitative estimate of drug-likeness (QED) is 0.161. The van der Waals surface area contributed by atoms with Gasteiger partial charge in [-0.15, -0.1) is 11.3 Å².